The number of rotatable bonds is 4. The first kappa shape index (κ1) is 14.8. The molecule has 110 valence electrons. The summed E-state index contributed by atoms with van der Waals surface area (Å²) in [7, 11) is 0. The highest BCUT2D eigenvalue weighted by Gasteiger charge is 2.28. The maximum absolute atomic E-state index is 12.3. The second-order valence-electron chi connectivity index (χ2n) is 5.28. The lowest BCUT2D eigenvalue weighted by atomic mass is 10.1. The Morgan fingerprint density at radius 3 is 3.05 bits per heavy atom. The van der Waals surface area contributed by atoms with Gasteiger partial charge in [0.2, 0.25) is 5.91 Å². The van der Waals surface area contributed by atoms with Crippen molar-refractivity contribution in [3.8, 4) is 0 Å². The van der Waals surface area contributed by atoms with Gasteiger partial charge in [-0.15, -0.1) is 0 Å². The van der Waals surface area contributed by atoms with E-state index >= 15 is 0 Å². The van der Waals surface area contributed by atoms with Gasteiger partial charge in [-0.05, 0) is 31.0 Å². The van der Waals surface area contributed by atoms with E-state index in [-0.39, 0.29) is 24.7 Å². The van der Waals surface area contributed by atoms with Crippen molar-refractivity contribution in [1.82, 2.24) is 4.90 Å². The molecule has 5 heteroatoms. The molecule has 3 N–H and O–H groups in total. The average Bonchev–Trinajstić information content (AvgIpc) is 2.45. The van der Waals surface area contributed by atoms with Crippen LogP contribution in [0.4, 0.5) is 5.69 Å². The Labute approximate surface area is 119 Å². The van der Waals surface area contributed by atoms with Crippen molar-refractivity contribution in [2.75, 3.05) is 25.5 Å². The summed E-state index contributed by atoms with van der Waals surface area (Å²) in [4.78, 5) is 14.1. The molecule has 1 saturated heterocycles. The molecular weight excluding hydrogens is 256 g/mol. The number of hydrogen-bond donors (Lipinski definition) is 2. The minimum atomic E-state index is -0.262. The summed E-state index contributed by atoms with van der Waals surface area (Å²) in [6.45, 7) is 2.86. The van der Waals surface area contributed by atoms with Crippen molar-refractivity contribution in [1.29, 1.82) is 0 Å². The van der Waals surface area contributed by atoms with Gasteiger partial charge in [0.15, 0.2) is 0 Å². The molecule has 1 fully saturated rings. The molecule has 0 aromatic heterocycles. The lowest BCUT2D eigenvalue weighted by Gasteiger charge is -2.37. The fourth-order valence-corrected chi connectivity index (χ4v) is 2.42. The number of nitrogens with zero attached hydrogens (tertiary/aromatic N) is 1. The lowest BCUT2D eigenvalue weighted by molar-refractivity contribution is -0.146. The molecule has 2 atom stereocenters. The molecule has 0 bridgehead atoms. The molecular formula is C15H22N2O3. The Morgan fingerprint density at radius 2 is 2.35 bits per heavy atom. The highest BCUT2D eigenvalue weighted by atomic mass is 16.5. The van der Waals surface area contributed by atoms with Gasteiger partial charge in [0.1, 0.15) is 0 Å². The van der Waals surface area contributed by atoms with Gasteiger partial charge >= 0.3 is 0 Å². The summed E-state index contributed by atoms with van der Waals surface area (Å²) >= 11 is 0. The van der Waals surface area contributed by atoms with E-state index < -0.39 is 0 Å². The number of nitrogen functional groups attached to an aromatic ring is 1. The van der Waals surface area contributed by atoms with Crippen LogP contribution in [0.25, 0.3) is 0 Å². The molecule has 2 rings (SSSR count). The third-order valence-electron chi connectivity index (χ3n) is 3.61. The largest absolute Gasteiger partial charge is 0.399 e. The van der Waals surface area contributed by atoms with Gasteiger partial charge in [-0.1, -0.05) is 12.1 Å². The van der Waals surface area contributed by atoms with Crippen molar-refractivity contribution in [3.05, 3.63) is 29.8 Å². The fraction of sp³-hybridized carbons (Fsp3) is 0.533. The summed E-state index contributed by atoms with van der Waals surface area (Å²) in [5.41, 5.74) is 7.51. The molecule has 1 aromatic carbocycles. The summed E-state index contributed by atoms with van der Waals surface area (Å²) in [5, 5.41) is 9.14. The number of ether oxygens (including phenoxy) is 1. The molecule has 5 nitrogen and oxygen atoms in total. The zero-order valence-corrected chi connectivity index (χ0v) is 11.8. The molecule has 0 spiro atoms. The summed E-state index contributed by atoms with van der Waals surface area (Å²) < 4.78 is 5.44. The van der Waals surface area contributed by atoms with Crippen molar-refractivity contribution >= 4 is 11.6 Å². The molecule has 0 saturated carbocycles. The predicted molar refractivity (Wildman–Crippen MR) is 77.2 cm³/mol. The van der Waals surface area contributed by atoms with E-state index in [2.05, 4.69) is 0 Å². The maximum atomic E-state index is 12.3. The molecule has 0 radical (unpaired) electrons. The van der Waals surface area contributed by atoms with E-state index in [0.29, 0.717) is 26.0 Å². The number of aliphatic hydroxyl groups is 1. The number of benzene rings is 1. The lowest BCUT2D eigenvalue weighted by Crippen LogP contribution is -2.52. The van der Waals surface area contributed by atoms with E-state index in [0.717, 1.165) is 11.3 Å². The zero-order valence-electron chi connectivity index (χ0n) is 11.8. The quantitative estimate of drug-likeness (QED) is 0.799. The number of carbonyl (C=O) groups is 1. The highest BCUT2D eigenvalue weighted by Crippen LogP contribution is 2.15. The van der Waals surface area contributed by atoms with Crippen molar-refractivity contribution in [2.45, 2.75) is 31.9 Å². The number of carbonyl (C=O) groups excluding carboxylic acids is 1. The van der Waals surface area contributed by atoms with Gasteiger partial charge in [0.05, 0.1) is 25.4 Å². The van der Waals surface area contributed by atoms with Crippen molar-refractivity contribution in [2.24, 2.45) is 0 Å². The van der Waals surface area contributed by atoms with E-state index in [4.69, 9.17) is 15.6 Å². The summed E-state index contributed by atoms with van der Waals surface area (Å²) in [6, 6.07) is 7.66. The number of aryl methyl sites for hydroxylation is 1. The van der Waals surface area contributed by atoms with Crippen molar-refractivity contribution in [3.63, 3.8) is 0 Å². The maximum Gasteiger partial charge on any atom is 0.223 e. The Balaban J connectivity index is 1.90. The number of amides is 1. The summed E-state index contributed by atoms with van der Waals surface area (Å²) in [6.07, 6.45) is 0.867. The van der Waals surface area contributed by atoms with Gasteiger partial charge in [0, 0.05) is 18.7 Å². The normalized spacial score (nSPS) is 22.8. The molecule has 1 aromatic rings. The van der Waals surface area contributed by atoms with Crippen LogP contribution < -0.4 is 5.73 Å². The van der Waals surface area contributed by atoms with Gasteiger partial charge in [0.25, 0.3) is 0 Å². The molecule has 20 heavy (non-hydrogen) atoms. The number of morpholine rings is 1. The van der Waals surface area contributed by atoms with Crippen LogP contribution in [-0.2, 0) is 16.0 Å². The van der Waals surface area contributed by atoms with E-state index in [1.807, 2.05) is 31.2 Å². The Morgan fingerprint density at radius 1 is 1.55 bits per heavy atom. The van der Waals surface area contributed by atoms with Crippen LogP contribution in [-0.4, -0.2) is 47.8 Å². The van der Waals surface area contributed by atoms with Gasteiger partial charge in [-0.3, -0.25) is 4.79 Å². The number of aliphatic hydroxyl groups excluding tert-OH is 1. The van der Waals surface area contributed by atoms with Crippen LogP contribution in [0.15, 0.2) is 24.3 Å². The minimum Gasteiger partial charge on any atom is -0.399 e. The molecule has 1 heterocycles. The SMILES string of the molecule is CC1COC(CO)CN1C(=O)CCc1cccc(N)c1. The number of hydrogen-bond acceptors (Lipinski definition) is 4. The van der Waals surface area contributed by atoms with E-state index in [1.165, 1.54) is 0 Å². The minimum absolute atomic E-state index is 0.0499. The molecule has 1 aliphatic heterocycles. The standard InChI is InChI=1S/C15H22N2O3/c1-11-10-20-14(9-18)8-17(11)15(19)6-5-12-3-2-4-13(16)7-12/h2-4,7,11,14,18H,5-6,8-10,16H2,1H3. The zero-order chi connectivity index (χ0) is 14.5. The Hall–Kier alpha value is -1.59. The number of nitrogens with two attached hydrogens (primary N) is 1. The third-order valence-corrected chi connectivity index (χ3v) is 3.61. The van der Waals surface area contributed by atoms with Crippen LogP contribution in [0.5, 0.6) is 0 Å². The second kappa shape index (κ2) is 6.72. The van der Waals surface area contributed by atoms with Crippen LogP contribution in [0, 0.1) is 0 Å². The summed E-state index contributed by atoms with van der Waals surface area (Å²) in [5.74, 6) is 0.0988. The van der Waals surface area contributed by atoms with Crippen LogP contribution >= 0.6 is 0 Å². The van der Waals surface area contributed by atoms with Crippen LogP contribution in [0.1, 0.15) is 18.9 Å². The average molecular weight is 278 g/mol. The molecule has 0 aliphatic carbocycles. The smallest absolute Gasteiger partial charge is 0.223 e. The topological polar surface area (TPSA) is 75.8 Å². The second-order valence-corrected chi connectivity index (χ2v) is 5.28. The van der Waals surface area contributed by atoms with Gasteiger partial charge in [-0.2, -0.15) is 0 Å². The van der Waals surface area contributed by atoms with Crippen LogP contribution in [0.3, 0.4) is 0 Å². The first-order chi connectivity index (χ1) is 9.60. The third kappa shape index (κ3) is 3.71. The van der Waals surface area contributed by atoms with Crippen LogP contribution in [0.2, 0.25) is 0 Å². The molecule has 1 amide bonds. The fourth-order valence-electron chi connectivity index (χ4n) is 2.42. The number of anilines is 1. The Kier molecular flexibility index (Phi) is 4.98. The molecule has 2 unspecified atom stereocenters. The van der Waals surface area contributed by atoms with E-state index in [1.54, 1.807) is 4.90 Å². The first-order valence-electron chi connectivity index (χ1n) is 6.96. The highest BCUT2D eigenvalue weighted by molar-refractivity contribution is 5.77. The van der Waals surface area contributed by atoms with E-state index in [9.17, 15) is 4.79 Å². The van der Waals surface area contributed by atoms with Crippen molar-refractivity contribution < 1.29 is 14.6 Å². The van der Waals surface area contributed by atoms with Gasteiger partial charge < -0.3 is 20.5 Å². The molecule has 1 aliphatic rings. The van der Waals surface area contributed by atoms with Gasteiger partial charge in [-0.25, -0.2) is 0 Å². The predicted octanol–water partition coefficient (Wildman–Crippen LogP) is 0.810. The first-order valence-corrected chi connectivity index (χ1v) is 6.96. The Bertz CT molecular complexity index is 464. The monoisotopic (exact) mass is 278 g/mol.